The van der Waals surface area contributed by atoms with Gasteiger partial charge in [0, 0.05) is 24.4 Å². The molecule has 5 nitrogen and oxygen atoms in total. The van der Waals surface area contributed by atoms with Crippen molar-refractivity contribution in [2.75, 3.05) is 12.3 Å². The van der Waals surface area contributed by atoms with Crippen LogP contribution < -0.4 is 0 Å². The molecule has 0 N–H and O–H groups in total. The summed E-state index contributed by atoms with van der Waals surface area (Å²) in [6.45, 7) is 7.18. The fourth-order valence-electron chi connectivity index (χ4n) is 2.51. The van der Waals surface area contributed by atoms with E-state index in [0.29, 0.717) is 17.9 Å². The van der Waals surface area contributed by atoms with Crippen molar-refractivity contribution in [3.05, 3.63) is 52.4 Å². The van der Waals surface area contributed by atoms with Crippen molar-refractivity contribution in [3.8, 4) is 6.07 Å². The van der Waals surface area contributed by atoms with E-state index in [1.54, 1.807) is 23.9 Å². The van der Waals surface area contributed by atoms with Crippen molar-refractivity contribution < 1.29 is 9.32 Å². The lowest BCUT2D eigenvalue weighted by molar-refractivity contribution is -0.129. The number of amides is 1. The zero-order valence-corrected chi connectivity index (χ0v) is 15.7. The summed E-state index contributed by atoms with van der Waals surface area (Å²) < 4.78 is 5.16. The molecule has 25 heavy (non-hydrogen) atoms. The molecule has 0 fully saturated rings. The Morgan fingerprint density at radius 1 is 1.32 bits per heavy atom. The van der Waals surface area contributed by atoms with Crippen LogP contribution >= 0.6 is 11.8 Å². The summed E-state index contributed by atoms with van der Waals surface area (Å²) in [7, 11) is 0. The Bertz CT molecular complexity index is 728. The topological polar surface area (TPSA) is 70.1 Å². The van der Waals surface area contributed by atoms with Gasteiger partial charge in [0.05, 0.1) is 23.1 Å². The van der Waals surface area contributed by atoms with Gasteiger partial charge in [-0.2, -0.15) is 5.26 Å². The second-order valence-corrected chi connectivity index (χ2v) is 6.91. The Hall–Kier alpha value is -2.26. The third-order valence-corrected chi connectivity index (χ3v) is 4.90. The maximum absolute atomic E-state index is 12.6. The van der Waals surface area contributed by atoms with Crippen molar-refractivity contribution in [3.63, 3.8) is 0 Å². The first kappa shape index (κ1) is 19.1. The van der Waals surface area contributed by atoms with Crippen LogP contribution in [0.5, 0.6) is 0 Å². The molecule has 6 heteroatoms. The van der Waals surface area contributed by atoms with Gasteiger partial charge in [-0.3, -0.25) is 4.79 Å². The van der Waals surface area contributed by atoms with Crippen LogP contribution in [0.2, 0.25) is 0 Å². The highest BCUT2D eigenvalue weighted by Gasteiger charge is 2.15. The summed E-state index contributed by atoms with van der Waals surface area (Å²) in [5.41, 5.74) is 3.64. The first-order chi connectivity index (χ1) is 12.0. The SMILES string of the molecule is CCCN(Cc1ccc(C#N)cc1)C(=O)CSCc1c(C)noc1C. The molecule has 2 aromatic rings. The largest absolute Gasteiger partial charge is 0.361 e. The number of carbonyl (C=O) groups is 1. The molecule has 0 radical (unpaired) electrons. The Kier molecular flexibility index (Phi) is 7.08. The molecule has 2 rings (SSSR count). The molecule has 132 valence electrons. The van der Waals surface area contributed by atoms with Crippen LogP contribution in [0.3, 0.4) is 0 Å². The molecule has 1 aromatic carbocycles. The lowest BCUT2D eigenvalue weighted by Crippen LogP contribution is -2.32. The van der Waals surface area contributed by atoms with Gasteiger partial charge in [-0.15, -0.1) is 11.8 Å². The molecule has 0 aliphatic carbocycles. The molecular formula is C19H23N3O2S. The van der Waals surface area contributed by atoms with E-state index >= 15 is 0 Å². The predicted octanol–water partition coefficient (Wildman–Crippen LogP) is 3.84. The summed E-state index contributed by atoms with van der Waals surface area (Å²) in [5.74, 6) is 2.10. The first-order valence-electron chi connectivity index (χ1n) is 8.31. The van der Waals surface area contributed by atoms with E-state index in [2.05, 4.69) is 18.1 Å². The van der Waals surface area contributed by atoms with Crippen molar-refractivity contribution in [1.29, 1.82) is 5.26 Å². The zero-order valence-electron chi connectivity index (χ0n) is 14.9. The van der Waals surface area contributed by atoms with Crippen LogP contribution in [0.1, 0.15) is 41.5 Å². The highest BCUT2D eigenvalue weighted by molar-refractivity contribution is 7.99. The van der Waals surface area contributed by atoms with Crippen molar-refractivity contribution in [1.82, 2.24) is 10.1 Å². The van der Waals surface area contributed by atoms with E-state index in [9.17, 15) is 4.79 Å². The van der Waals surface area contributed by atoms with E-state index in [1.165, 1.54) is 0 Å². The van der Waals surface area contributed by atoms with Crippen LogP contribution in [-0.4, -0.2) is 28.3 Å². The molecule has 0 saturated heterocycles. The molecule has 0 aliphatic heterocycles. The lowest BCUT2D eigenvalue weighted by atomic mass is 10.1. The highest BCUT2D eigenvalue weighted by Crippen LogP contribution is 2.20. The average molecular weight is 357 g/mol. The number of rotatable bonds is 8. The smallest absolute Gasteiger partial charge is 0.232 e. The minimum absolute atomic E-state index is 0.128. The van der Waals surface area contributed by atoms with Gasteiger partial charge in [0.15, 0.2) is 0 Å². The fourth-order valence-corrected chi connectivity index (χ4v) is 3.58. The molecule has 0 unspecified atom stereocenters. The number of nitriles is 1. The fraction of sp³-hybridized carbons (Fsp3) is 0.421. The molecule has 0 aliphatic rings. The summed E-state index contributed by atoms with van der Waals surface area (Å²) in [6, 6.07) is 9.50. The second-order valence-electron chi connectivity index (χ2n) is 5.92. The third-order valence-electron chi connectivity index (χ3n) is 3.96. The Morgan fingerprint density at radius 2 is 2.04 bits per heavy atom. The van der Waals surface area contributed by atoms with E-state index in [4.69, 9.17) is 9.78 Å². The minimum atomic E-state index is 0.128. The quantitative estimate of drug-likeness (QED) is 0.718. The molecule has 0 bridgehead atoms. The minimum Gasteiger partial charge on any atom is -0.361 e. The number of nitrogens with zero attached hydrogens (tertiary/aromatic N) is 3. The zero-order chi connectivity index (χ0) is 18.2. The first-order valence-corrected chi connectivity index (χ1v) is 9.47. The number of carbonyl (C=O) groups excluding carboxylic acids is 1. The standard InChI is InChI=1S/C19H23N3O2S/c1-4-9-22(11-17-7-5-16(10-20)6-8-17)19(23)13-25-12-18-14(2)21-24-15(18)3/h5-8H,4,9,11-13H2,1-3H3. The van der Waals surface area contributed by atoms with Gasteiger partial charge >= 0.3 is 0 Å². The van der Waals surface area contributed by atoms with Crippen LogP contribution in [-0.2, 0) is 17.1 Å². The average Bonchev–Trinajstić information content (AvgIpc) is 2.93. The predicted molar refractivity (Wildman–Crippen MR) is 99.0 cm³/mol. The number of benzene rings is 1. The summed E-state index contributed by atoms with van der Waals surface area (Å²) in [6.07, 6.45) is 0.913. The van der Waals surface area contributed by atoms with Crippen LogP contribution in [0.25, 0.3) is 0 Å². The molecular weight excluding hydrogens is 334 g/mol. The molecule has 1 aromatic heterocycles. The Labute approximate surface area is 153 Å². The highest BCUT2D eigenvalue weighted by atomic mass is 32.2. The maximum Gasteiger partial charge on any atom is 0.232 e. The summed E-state index contributed by atoms with van der Waals surface area (Å²) >= 11 is 1.58. The lowest BCUT2D eigenvalue weighted by Gasteiger charge is -2.22. The van der Waals surface area contributed by atoms with E-state index in [1.807, 2.05) is 30.9 Å². The van der Waals surface area contributed by atoms with Gasteiger partial charge in [0.1, 0.15) is 5.76 Å². The van der Waals surface area contributed by atoms with Gasteiger partial charge in [0.25, 0.3) is 0 Å². The normalized spacial score (nSPS) is 10.5. The van der Waals surface area contributed by atoms with Gasteiger partial charge in [-0.05, 0) is 38.0 Å². The molecule has 1 amide bonds. The van der Waals surface area contributed by atoms with Crippen molar-refractivity contribution in [2.45, 2.75) is 39.5 Å². The van der Waals surface area contributed by atoms with Crippen LogP contribution in [0, 0.1) is 25.2 Å². The van der Waals surface area contributed by atoms with Gasteiger partial charge in [-0.25, -0.2) is 0 Å². The van der Waals surface area contributed by atoms with Crippen molar-refractivity contribution in [2.24, 2.45) is 0 Å². The Morgan fingerprint density at radius 3 is 2.60 bits per heavy atom. The van der Waals surface area contributed by atoms with Gasteiger partial charge in [0.2, 0.25) is 5.91 Å². The number of thioether (sulfide) groups is 1. The number of aromatic nitrogens is 1. The van der Waals surface area contributed by atoms with Gasteiger partial charge < -0.3 is 9.42 Å². The number of aryl methyl sites for hydroxylation is 2. The van der Waals surface area contributed by atoms with E-state index in [-0.39, 0.29) is 5.91 Å². The number of hydrogen-bond donors (Lipinski definition) is 0. The third kappa shape index (κ3) is 5.36. The molecule has 0 spiro atoms. The molecule has 1 heterocycles. The second kappa shape index (κ2) is 9.28. The van der Waals surface area contributed by atoms with Gasteiger partial charge in [-0.1, -0.05) is 24.2 Å². The summed E-state index contributed by atoms with van der Waals surface area (Å²) in [5, 5.41) is 12.8. The van der Waals surface area contributed by atoms with Crippen LogP contribution in [0.15, 0.2) is 28.8 Å². The Balaban J connectivity index is 1.91. The van der Waals surface area contributed by atoms with Crippen molar-refractivity contribution >= 4 is 17.7 Å². The monoisotopic (exact) mass is 357 g/mol. The van der Waals surface area contributed by atoms with E-state index in [0.717, 1.165) is 41.3 Å². The maximum atomic E-state index is 12.6. The van der Waals surface area contributed by atoms with Crippen LogP contribution in [0.4, 0.5) is 0 Å². The number of hydrogen-bond acceptors (Lipinski definition) is 5. The molecule has 0 saturated carbocycles. The molecule has 0 atom stereocenters. The summed E-state index contributed by atoms with van der Waals surface area (Å²) in [4.78, 5) is 14.4. The van der Waals surface area contributed by atoms with E-state index < -0.39 is 0 Å².